The highest BCUT2D eigenvalue weighted by molar-refractivity contribution is 5.10. The minimum absolute atomic E-state index is 0.254. The molecule has 4 aliphatic rings. The topological polar surface area (TPSA) is 40.5 Å². The van der Waals surface area contributed by atoms with Crippen LogP contribution in [0.25, 0.3) is 0 Å². The van der Waals surface area contributed by atoms with E-state index in [-0.39, 0.29) is 5.41 Å². The molecular formula is C27H48O2. The molecule has 0 heterocycles. The first-order chi connectivity index (χ1) is 13.7. The van der Waals surface area contributed by atoms with Gasteiger partial charge in [-0.2, -0.15) is 0 Å². The van der Waals surface area contributed by atoms with Crippen molar-refractivity contribution in [2.24, 2.45) is 52.3 Å². The fourth-order valence-electron chi connectivity index (χ4n) is 9.30. The summed E-state index contributed by atoms with van der Waals surface area (Å²) in [6.07, 6.45) is 13.2. The van der Waals surface area contributed by atoms with Crippen molar-refractivity contribution < 1.29 is 10.2 Å². The highest BCUT2D eigenvalue weighted by Crippen LogP contribution is 2.68. The van der Waals surface area contributed by atoms with Crippen molar-refractivity contribution >= 4 is 0 Å². The zero-order valence-electron chi connectivity index (χ0n) is 19.9. The fourth-order valence-corrected chi connectivity index (χ4v) is 9.30. The Morgan fingerprint density at radius 1 is 0.828 bits per heavy atom. The summed E-state index contributed by atoms with van der Waals surface area (Å²) in [5.41, 5.74) is 0.804. The number of aliphatic hydroxyl groups is 2. The normalized spacial score (nSPS) is 50.7. The van der Waals surface area contributed by atoms with E-state index in [1.54, 1.807) is 0 Å². The molecule has 0 radical (unpaired) electrons. The van der Waals surface area contributed by atoms with E-state index in [1.807, 2.05) is 0 Å². The van der Waals surface area contributed by atoms with E-state index in [2.05, 4.69) is 34.6 Å². The first kappa shape index (κ1) is 22.1. The summed E-state index contributed by atoms with van der Waals surface area (Å²) in [5.74, 6) is 5.80. The van der Waals surface area contributed by atoms with Crippen molar-refractivity contribution in [3.8, 4) is 0 Å². The number of hydrogen-bond donors (Lipinski definition) is 2. The number of fused-ring (bicyclic) bond motifs is 5. The largest absolute Gasteiger partial charge is 0.390 e. The molecule has 0 saturated heterocycles. The van der Waals surface area contributed by atoms with Gasteiger partial charge in [-0.3, -0.25) is 0 Å². The summed E-state index contributed by atoms with van der Waals surface area (Å²) < 4.78 is 0. The van der Waals surface area contributed by atoms with Crippen molar-refractivity contribution in [3.05, 3.63) is 0 Å². The Labute approximate surface area is 180 Å². The molecule has 0 amide bonds. The molecule has 4 fully saturated rings. The summed E-state index contributed by atoms with van der Waals surface area (Å²) in [6.45, 7) is 12.4. The smallest absolute Gasteiger partial charge is 0.0804 e. The van der Waals surface area contributed by atoms with Gasteiger partial charge in [0, 0.05) is 0 Å². The fraction of sp³-hybridized carbons (Fsp3) is 1.00. The van der Waals surface area contributed by atoms with Crippen LogP contribution < -0.4 is 0 Å². The zero-order chi connectivity index (χ0) is 21.0. The van der Waals surface area contributed by atoms with E-state index < -0.39 is 12.2 Å². The van der Waals surface area contributed by atoms with Gasteiger partial charge in [0.2, 0.25) is 0 Å². The summed E-state index contributed by atoms with van der Waals surface area (Å²) >= 11 is 0. The predicted molar refractivity (Wildman–Crippen MR) is 120 cm³/mol. The Morgan fingerprint density at radius 2 is 1.55 bits per heavy atom. The second kappa shape index (κ2) is 8.12. The summed E-state index contributed by atoms with van der Waals surface area (Å²) in [7, 11) is 0. The SMILES string of the molecule is CC(C)CCC[C@H](C)[C@H]1CC[C@H]2[C@@H]3CC[C@@H]4C[C@@H](O)[C@@H](O)C[C@]4(C)[C@H]3CC[C@]12C. The van der Waals surface area contributed by atoms with Gasteiger partial charge in [-0.05, 0) is 104 Å². The van der Waals surface area contributed by atoms with Gasteiger partial charge in [-0.1, -0.05) is 53.9 Å². The van der Waals surface area contributed by atoms with Crippen LogP contribution in [0.4, 0.5) is 0 Å². The van der Waals surface area contributed by atoms with Gasteiger partial charge in [0.15, 0.2) is 0 Å². The molecule has 2 nitrogen and oxygen atoms in total. The Balaban J connectivity index is 1.47. The molecule has 4 rings (SSSR count). The van der Waals surface area contributed by atoms with Gasteiger partial charge in [-0.15, -0.1) is 0 Å². The maximum atomic E-state index is 10.5. The average Bonchev–Trinajstić information content (AvgIpc) is 3.00. The first-order valence-corrected chi connectivity index (χ1v) is 13.0. The van der Waals surface area contributed by atoms with Crippen molar-refractivity contribution in [3.63, 3.8) is 0 Å². The highest BCUT2D eigenvalue weighted by Gasteiger charge is 2.61. The van der Waals surface area contributed by atoms with Gasteiger partial charge in [0.25, 0.3) is 0 Å². The summed E-state index contributed by atoms with van der Waals surface area (Å²) in [6, 6.07) is 0. The molecule has 0 aromatic rings. The van der Waals surface area contributed by atoms with Crippen molar-refractivity contribution in [2.75, 3.05) is 0 Å². The van der Waals surface area contributed by atoms with Crippen LogP contribution in [0.1, 0.15) is 105 Å². The Kier molecular flexibility index (Phi) is 6.19. The Hall–Kier alpha value is -0.0800. The van der Waals surface area contributed by atoms with Gasteiger partial charge in [0.05, 0.1) is 12.2 Å². The van der Waals surface area contributed by atoms with Gasteiger partial charge in [0.1, 0.15) is 0 Å². The van der Waals surface area contributed by atoms with Crippen LogP contribution in [0.15, 0.2) is 0 Å². The third-order valence-electron chi connectivity index (χ3n) is 10.9. The molecule has 0 spiro atoms. The molecule has 10 atom stereocenters. The lowest BCUT2D eigenvalue weighted by Crippen LogP contribution is -2.56. The minimum atomic E-state index is -0.499. The molecule has 2 N–H and O–H groups in total. The minimum Gasteiger partial charge on any atom is -0.390 e. The molecule has 0 bridgehead atoms. The van der Waals surface area contributed by atoms with Crippen molar-refractivity contribution in [2.45, 2.75) is 117 Å². The second-order valence-corrected chi connectivity index (χ2v) is 12.8. The third-order valence-corrected chi connectivity index (χ3v) is 10.9. The molecular weight excluding hydrogens is 356 g/mol. The average molecular weight is 405 g/mol. The molecule has 0 aromatic carbocycles. The summed E-state index contributed by atoms with van der Waals surface area (Å²) in [5, 5.41) is 20.8. The molecule has 168 valence electrons. The van der Waals surface area contributed by atoms with Gasteiger partial charge < -0.3 is 10.2 Å². The number of hydrogen-bond acceptors (Lipinski definition) is 2. The van der Waals surface area contributed by atoms with E-state index in [4.69, 9.17) is 0 Å². The van der Waals surface area contributed by atoms with Crippen LogP contribution in [0, 0.1) is 52.3 Å². The van der Waals surface area contributed by atoms with Crippen LogP contribution in [-0.4, -0.2) is 22.4 Å². The zero-order valence-corrected chi connectivity index (χ0v) is 19.9. The maximum Gasteiger partial charge on any atom is 0.0804 e. The van der Waals surface area contributed by atoms with Gasteiger partial charge in [-0.25, -0.2) is 0 Å². The lowest BCUT2D eigenvalue weighted by Gasteiger charge is -2.61. The standard InChI is InChI=1S/C27H48O2/c1-17(2)7-6-8-18(3)21-11-12-22-20-10-9-19-15-24(28)25(29)16-27(19,5)23(20)13-14-26(21,22)4/h17-25,28-29H,6-16H2,1-5H3/t18-,19+,20-,21+,22-,23-,24+,25-,26+,27-/m0/s1. The second-order valence-electron chi connectivity index (χ2n) is 12.8. The van der Waals surface area contributed by atoms with Crippen molar-refractivity contribution in [1.29, 1.82) is 0 Å². The van der Waals surface area contributed by atoms with E-state index in [9.17, 15) is 10.2 Å². The molecule has 2 heteroatoms. The predicted octanol–water partition coefficient (Wildman–Crippen LogP) is 6.44. The van der Waals surface area contributed by atoms with E-state index >= 15 is 0 Å². The van der Waals surface area contributed by atoms with Crippen molar-refractivity contribution in [1.82, 2.24) is 0 Å². The van der Waals surface area contributed by atoms with Crippen LogP contribution in [0.2, 0.25) is 0 Å². The maximum absolute atomic E-state index is 10.5. The van der Waals surface area contributed by atoms with Crippen LogP contribution in [0.3, 0.4) is 0 Å². The molecule has 4 aliphatic carbocycles. The molecule has 0 aromatic heterocycles. The first-order valence-electron chi connectivity index (χ1n) is 13.0. The number of aliphatic hydroxyl groups excluding tert-OH is 2. The quantitative estimate of drug-likeness (QED) is 0.553. The van der Waals surface area contributed by atoms with E-state index in [1.165, 1.54) is 57.8 Å². The summed E-state index contributed by atoms with van der Waals surface area (Å²) in [4.78, 5) is 0. The molecule has 0 unspecified atom stereocenters. The van der Waals surface area contributed by atoms with Crippen LogP contribution in [0.5, 0.6) is 0 Å². The van der Waals surface area contributed by atoms with E-state index in [0.717, 1.165) is 48.3 Å². The van der Waals surface area contributed by atoms with Crippen LogP contribution >= 0.6 is 0 Å². The monoisotopic (exact) mass is 404 g/mol. The Bertz CT molecular complexity index is 573. The third kappa shape index (κ3) is 3.73. The number of rotatable bonds is 5. The molecule has 4 saturated carbocycles. The molecule has 0 aliphatic heterocycles. The lowest BCUT2D eigenvalue weighted by atomic mass is 9.44. The van der Waals surface area contributed by atoms with Crippen LogP contribution in [-0.2, 0) is 0 Å². The van der Waals surface area contributed by atoms with E-state index in [0.29, 0.717) is 11.3 Å². The highest BCUT2D eigenvalue weighted by atomic mass is 16.3. The molecule has 29 heavy (non-hydrogen) atoms. The van der Waals surface area contributed by atoms with Gasteiger partial charge >= 0.3 is 0 Å². The lowest BCUT2D eigenvalue weighted by molar-refractivity contribution is -0.160. The Morgan fingerprint density at radius 3 is 2.28 bits per heavy atom.